The van der Waals surface area contributed by atoms with Crippen molar-refractivity contribution >= 4 is 23.4 Å². The summed E-state index contributed by atoms with van der Waals surface area (Å²) in [6, 6.07) is 12.0. The van der Waals surface area contributed by atoms with Gasteiger partial charge in [0.15, 0.2) is 0 Å². The third-order valence-electron chi connectivity index (χ3n) is 3.89. The number of alkyl halides is 3. The molecule has 146 valence electrons. The van der Waals surface area contributed by atoms with E-state index >= 15 is 0 Å². The van der Waals surface area contributed by atoms with E-state index in [0.29, 0.717) is 5.16 Å². The van der Waals surface area contributed by atoms with Crippen LogP contribution in [-0.4, -0.2) is 31.4 Å². The highest BCUT2D eigenvalue weighted by Gasteiger charge is 2.30. The third kappa shape index (κ3) is 4.50. The number of amides is 1. The predicted molar refractivity (Wildman–Crippen MR) is 99.3 cm³/mol. The molecule has 0 saturated carbocycles. The van der Waals surface area contributed by atoms with E-state index in [9.17, 15) is 18.0 Å². The third-order valence-corrected chi connectivity index (χ3v) is 4.93. The first-order valence-corrected chi connectivity index (χ1v) is 9.13. The van der Waals surface area contributed by atoms with E-state index in [0.717, 1.165) is 35.1 Å². The van der Waals surface area contributed by atoms with Crippen LogP contribution in [0.5, 0.6) is 0 Å². The molecule has 28 heavy (non-hydrogen) atoms. The fourth-order valence-electron chi connectivity index (χ4n) is 2.43. The minimum atomic E-state index is -4.48. The molecular weight excluding hydrogens is 391 g/mol. The lowest BCUT2D eigenvalue weighted by Crippen LogP contribution is -2.23. The van der Waals surface area contributed by atoms with Gasteiger partial charge in [-0.2, -0.15) is 17.9 Å². The number of benzene rings is 2. The number of nitrogens with one attached hydrogen (secondary N) is 1. The fourth-order valence-corrected chi connectivity index (χ4v) is 3.23. The van der Waals surface area contributed by atoms with Crippen LogP contribution in [0, 0.1) is 6.92 Å². The summed E-state index contributed by atoms with van der Waals surface area (Å²) in [5, 5.41) is 13.8. The van der Waals surface area contributed by atoms with E-state index in [2.05, 4.69) is 20.8 Å². The predicted octanol–water partition coefficient (Wildman–Crippen LogP) is 4.11. The first kappa shape index (κ1) is 19.9. The minimum Gasteiger partial charge on any atom is -0.325 e. The lowest BCUT2D eigenvalue weighted by atomic mass is 10.2. The molecule has 3 aromatic rings. The molecule has 10 heteroatoms. The van der Waals surface area contributed by atoms with Gasteiger partial charge in [0.1, 0.15) is 0 Å². The summed E-state index contributed by atoms with van der Waals surface area (Å²) < 4.78 is 40.0. The highest BCUT2D eigenvalue weighted by atomic mass is 32.2. The van der Waals surface area contributed by atoms with Gasteiger partial charge in [0, 0.05) is 5.69 Å². The summed E-state index contributed by atoms with van der Waals surface area (Å²) >= 11 is 1.11. The Kier molecular flexibility index (Phi) is 5.68. The van der Waals surface area contributed by atoms with Crippen molar-refractivity contribution in [1.82, 2.24) is 20.2 Å². The van der Waals surface area contributed by atoms with Gasteiger partial charge in [-0.15, -0.1) is 5.10 Å². The Morgan fingerprint density at radius 2 is 1.93 bits per heavy atom. The first-order chi connectivity index (χ1) is 13.3. The Morgan fingerprint density at radius 1 is 1.18 bits per heavy atom. The van der Waals surface area contributed by atoms with E-state index in [1.165, 1.54) is 16.8 Å². The maximum absolute atomic E-state index is 12.8. The Morgan fingerprint density at radius 3 is 2.64 bits per heavy atom. The number of anilines is 1. The molecule has 1 atom stereocenters. The number of carbonyl (C=O) groups excluding carboxylic acids is 1. The SMILES string of the molecule is Cc1ccccc1-n1nnnc1S[C@H](C)C(=O)Nc1cccc(C(F)(F)F)c1. The summed E-state index contributed by atoms with van der Waals surface area (Å²) in [6.07, 6.45) is -4.48. The van der Waals surface area contributed by atoms with Gasteiger partial charge in [-0.05, 0) is 54.1 Å². The maximum atomic E-state index is 12.8. The van der Waals surface area contributed by atoms with Gasteiger partial charge in [0.2, 0.25) is 11.1 Å². The largest absolute Gasteiger partial charge is 0.416 e. The number of tetrazole rings is 1. The monoisotopic (exact) mass is 407 g/mol. The van der Waals surface area contributed by atoms with Crippen molar-refractivity contribution < 1.29 is 18.0 Å². The van der Waals surface area contributed by atoms with Crippen molar-refractivity contribution in [3.05, 3.63) is 59.7 Å². The minimum absolute atomic E-state index is 0.0748. The van der Waals surface area contributed by atoms with Crippen LogP contribution in [0.25, 0.3) is 5.69 Å². The van der Waals surface area contributed by atoms with E-state index < -0.39 is 22.9 Å². The molecule has 0 spiro atoms. The highest BCUT2D eigenvalue weighted by Crippen LogP contribution is 2.31. The summed E-state index contributed by atoms with van der Waals surface area (Å²) in [6.45, 7) is 3.54. The normalized spacial score (nSPS) is 12.6. The number of nitrogens with zero attached hydrogens (tertiary/aromatic N) is 4. The average molecular weight is 407 g/mol. The molecular formula is C18H16F3N5OS. The van der Waals surface area contributed by atoms with E-state index in [1.54, 1.807) is 6.92 Å². The molecule has 3 rings (SSSR count). The number of hydrogen-bond donors (Lipinski definition) is 1. The van der Waals surface area contributed by atoms with Gasteiger partial charge in [0.25, 0.3) is 0 Å². The van der Waals surface area contributed by atoms with Crippen molar-refractivity contribution in [3.8, 4) is 5.69 Å². The summed E-state index contributed by atoms with van der Waals surface area (Å²) in [5.74, 6) is -0.455. The lowest BCUT2D eigenvalue weighted by molar-refractivity contribution is -0.137. The number of halogens is 3. The van der Waals surface area contributed by atoms with Crippen LogP contribution in [-0.2, 0) is 11.0 Å². The molecule has 1 heterocycles. The summed E-state index contributed by atoms with van der Waals surface area (Å²) in [7, 11) is 0. The van der Waals surface area contributed by atoms with Gasteiger partial charge in [-0.1, -0.05) is 36.0 Å². The van der Waals surface area contributed by atoms with Gasteiger partial charge in [-0.3, -0.25) is 4.79 Å². The number of para-hydroxylation sites is 1. The van der Waals surface area contributed by atoms with Crippen molar-refractivity contribution in [2.45, 2.75) is 30.4 Å². The van der Waals surface area contributed by atoms with E-state index in [-0.39, 0.29) is 5.69 Å². The molecule has 1 aromatic heterocycles. The maximum Gasteiger partial charge on any atom is 0.416 e. The molecule has 0 fully saturated rings. The van der Waals surface area contributed by atoms with Crippen molar-refractivity contribution in [2.24, 2.45) is 0 Å². The number of hydrogen-bond acceptors (Lipinski definition) is 5. The van der Waals surface area contributed by atoms with E-state index in [1.807, 2.05) is 31.2 Å². The molecule has 0 aliphatic carbocycles. The lowest BCUT2D eigenvalue weighted by Gasteiger charge is -2.13. The molecule has 1 N–H and O–H groups in total. The van der Waals surface area contributed by atoms with Crippen LogP contribution in [0.15, 0.2) is 53.7 Å². The number of rotatable bonds is 5. The molecule has 0 unspecified atom stereocenters. The van der Waals surface area contributed by atoms with Gasteiger partial charge in [-0.25, -0.2) is 0 Å². The molecule has 6 nitrogen and oxygen atoms in total. The molecule has 2 aromatic carbocycles. The zero-order chi connectivity index (χ0) is 20.3. The zero-order valence-electron chi connectivity index (χ0n) is 14.9. The van der Waals surface area contributed by atoms with Gasteiger partial charge >= 0.3 is 6.18 Å². The van der Waals surface area contributed by atoms with Gasteiger partial charge in [0.05, 0.1) is 16.5 Å². The topological polar surface area (TPSA) is 72.7 Å². The van der Waals surface area contributed by atoms with Crippen LogP contribution in [0.4, 0.5) is 18.9 Å². The molecule has 0 aliphatic heterocycles. The smallest absolute Gasteiger partial charge is 0.325 e. The second kappa shape index (κ2) is 8.01. The van der Waals surface area contributed by atoms with E-state index in [4.69, 9.17) is 0 Å². The first-order valence-electron chi connectivity index (χ1n) is 8.25. The fraction of sp³-hybridized carbons (Fsp3) is 0.222. The number of aryl methyl sites for hydroxylation is 1. The van der Waals surface area contributed by atoms with Gasteiger partial charge < -0.3 is 5.32 Å². The van der Waals surface area contributed by atoms with Crippen LogP contribution < -0.4 is 5.32 Å². The molecule has 0 aliphatic rings. The molecule has 1 amide bonds. The number of carbonyl (C=O) groups is 1. The summed E-state index contributed by atoms with van der Waals surface area (Å²) in [4.78, 5) is 12.4. The average Bonchev–Trinajstić information content (AvgIpc) is 3.09. The molecule has 0 saturated heterocycles. The standard InChI is InChI=1S/C18H16F3N5OS/c1-11-6-3-4-9-15(11)26-17(23-24-25-26)28-12(2)16(27)22-14-8-5-7-13(10-14)18(19,20)21/h3-10,12H,1-2H3,(H,22,27)/t12-/m1/s1. The molecule has 0 bridgehead atoms. The van der Waals surface area contributed by atoms with Crippen LogP contribution in [0.3, 0.4) is 0 Å². The number of thioether (sulfide) groups is 1. The van der Waals surface area contributed by atoms with Crippen molar-refractivity contribution in [3.63, 3.8) is 0 Å². The highest BCUT2D eigenvalue weighted by molar-refractivity contribution is 8.00. The second-order valence-corrected chi connectivity index (χ2v) is 7.30. The Balaban J connectivity index is 1.73. The van der Waals surface area contributed by atoms with Crippen LogP contribution >= 0.6 is 11.8 Å². The van der Waals surface area contributed by atoms with Crippen molar-refractivity contribution in [1.29, 1.82) is 0 Å². The zero-order valence-corrected chi connectivity index (χ0v) is 15.8. The molecule has 0 radical (unpaired) electrons. The Labute approximate surface area is 163 Å². The van der Waals surface area contributed by atoms with Crippen LogP contribution in [0.1, 0.15) is 18.1 Å². The quantitative estimate of drug-likeness (QED) is 0.645. The Bertz CT molecular complexity index is 989. The van der Waals surface area contributed by atoms with Crippen molar-refractivity contribution in [2.75, 3.05) is 5.32 Å². The Hall–Kier alpha value is -2.88. The van der Waals surface area contributed by atoms with Crippen LogP contribution in [0.2, 0.25) is 0 Å². The summed E-state index contributed by atoms with van der Waals surface area (Å²) in [5.41, 5.74) is 0.984. The number of aromatic nitrogens is 4. The second-order valence-electron chi connectivity index (χ2n) is 5.99.